The van der Waals surface area contributed by atoms with Gasteiger partial charge >= 0.3 is 5.69 Å². The Morgan fingerprint density at radius 1 is 1.20 bits per heavy atom. The Kier molecular flexibility index (Phi) is 4.55. The van der Waals surface area contributed by atoms with Gasteiger partial charge in [0.25, 0.3) is 0 Å². The molecule has 104 valence electrons. The predicted octanol–water partition coefficient (Wildman–Crippen LogP) is 3.54. The second-order valence-corrected chi connectivity index (χ2v) is 4.59. The van der Waals surface area contributed by atoms with E-state index in [-0.39, 0.29) is 11.4 Å². The second-order valence-electron chi connectivity index (χ2n) is 4.15. The molecule has 0 aliphatic rings. The topological polar surface area (TPSA) is 78.4 Å². The van der Waals surface area contributed by atoms with Gasteiger partial charge in [-0.3, -0.25) is 10.1 Å². The fourth-order valence-electron chi connectivity index (χ4n) is 1.74. The first-order valence-electron chi connectivity index (χ1n) is 6.01. The molecule has 0 atom stereocenters. The maximum atomic E-state index is 10.9. The number of hydrogen-bond donors (Lipinski definition) is 1. The van der Waals surface area contributed by atoms with Crippen molar-refractivity contribution in [1.29, 1.82) is 0 Å². The Hall–Kier alpha value is -2.11. The molecular formula is C14H13ClN2O3. The van der Waals surface area contributed by atoms with Crippen molar-refractivity contribution in [2.75, 3.05) is 6.54 Å². The Labute approximate surface area is 121 Å². The third-order valence-electron chi connectivity index (χ3n) is 2.70. The van der Waals surface area contributed by atoms with E-state index in [1.54, 1.807) is 12.1 Å². The zero-order valence-corrected chi connectivity index (χ0v) is 11.3. The van der Waals surface area contributed by atoms with E-state index in [0.29, 0.717) is 17.3 Å². The molecule has 0 aromatic heterocycles. The number of nitrogens with zero attached hydrogens (tertiary/aromatic N) is 1. The van der Waals surface area contributed by atoms with Crippen LogP contribution < -0.4 is 10.5 Å². The number of nitrogens with two attached hydrogens (primary N) is 1. The fourth-order valence-corrected chi connectivity index (χ4v) is 1.90. The summed E-state index contributed by atoms with van der Waals surface area (Å²) in [5.74, 6) is 0.630. The van der Waals surface area contributed by atoms with Crippen molar-refractivity contribution in [3.63, 3.8) is 0 Å². The summed E-state index contributed by atoms with van der Waals surface area (Å²) in [6, 6.07) is 11.4. The van der Waals surface area contributed by atoms with E-state index in [9.17, 15) is 10.1 Å². The lowest BCUT2D eigenvalue weighted by molar-refractivity contribution is -0.385. The van der Waals surface area contributed by atoms with Gasteiger partial charge in [-0.15, -0.1) is 0 Å². The summed E-state index contributed by atoms with van der Waals surface area (Å²) in [7, 11) is 0. The van der Waals surface area contributed by atoms with Crippen molar-refractivity contribution in [2.45, 2.75) is 6.42 Å². The molecule has 0 unspecified atom stereocenters. The lowest BCUT2D eigenvalue weighted by Crippen LogP contribution is -2.02. The first-order chi connectivity index (χ1) is 9.60. The fraction of sp³-hybridized carbons (Fsp3) is 0.143. The van der Waals surface area contributed by atoms with Crippen LogP contribution in [0.3, 0.4) is 0 Å². The highest BCUT2D eigenvalue weighted by atomic mass is 35.5. The van der Waals surface area contributed by atoms with Crippen LogP contribution in [0.15, 0.2) is 42.5 Å². The zero-order valence-electron chi connectivity index (χ0n) is 10.6. The molecule has 0 radical (unpaired) electrons. The quantitative estimate of drug-likeness (QED) is 0.675. The number of hydrogen-bond acceptors (Lipinski definition) is 4. The SMILES string of the molecule is NCCc1ccc(Oc2cc(Cl)ccc2[N+](=O)[O-])cc1. The van der Waals surface area contributed by atoms with Gasteiger partial charge in [0.1, 0.15) is 5.75 Å². The molecule has 0 aliphatic carbocycles. The molecule has 6 heteroatoms. The molecule has 5 nitrogen and oxygen atoms in total. The third-order valence-corrected chi connectivity index (χ3v) is 2.94. The van der Waals surface area contributed by atoms with Crippen LogP contribution in [0.5, 0.6) is 11.5 Å². The van der Waals surface area contributed by atoms with Gasteiger partial charge in [0.15, 0.2) is 0 Å². The second kappa shape index (κ2) is 6.36. The van der Waals surface area contributed by atoms with Gasteiger partial charge in [0.05, 0.1) is 4.92 Å². The van der Waals surface area contributed by atoms with E-state index in [4.69, 9.17) is 22.1 Å². The summed E-state index contributed by atoms with van der Waals surface area (Å²) in [6.07, 6.45) is 0.775. The maximum absolute atomic E-state index is 10.9. The van der Waals surface area contributed by atoms with Crippen LogP contribution in [0.25, 0.3) is 0 Å². The van der Waals surface area contributed by atoms with Crippen molar-refractivity contribution in [3.8, 4) is 11.5 Å². The first-order valence-corrected chi connectivity index (χ1v) is 6.39. The van der Waals surface area contributed by atoms with Crippen molar-refractivity contribution >= 4 is 17.3 Å². The highest BCUT2D eigenvalue weighted by Crippen LogP contribution is 2.33. The number of rotatable bonds is 5. The minimum atomic E-state index is -0.506. The molecule has 0 saturated heterocycles. The van der Waals surface area contributed by atoms with E-state index in [2.05, 4.69) is 0 Å². The Morgan fingerprint density at radius 3 is 2.50 bits per heavy atom. The van der Waals surface area contributed by atoms with Gasteiger partial charge in [-0.05, 0) is 36.7 Å². The van der Waals surface area contributed by atoms with Crippen molar-refractivity contribution in [1.82, 2.24) is 0 Å². The maximum Gasteiger partial charge on any atom is 0.311 e. The molecule has 0 fully saturated rings. The lowest BCUT2D eigenvalue weighted by atomic mass is 10.1. The molecule has 0 saturated carbocycles. The summed E-state index contributed by atoms with van der Waals surface area (Å²) < 4.78 is 5.53. The molecule has 20 heavy (non-hydrogen) atoms. The van der Waals surface area contributed by atoms with Gasteiger partial charge in [-0.2, -0.15) is 0 Å². The summed E-state index contributed by atoms with van der Waals surface area (Å²) in [4.78, 5) is 10.4. The molecule has 0 heterocycles. The zero-order chi connectivity index (χ0) is 14.5. The summed E-state index contributed by atoms with van der Waals surface area (Å²) in [6.45, 7) is 0.569. The molecule has 0 aliphatic heterocycles. The monoisotopic (exact) mass is 292 g/mol. The van der Waals surface area contributed by atoms with Crippen molar-refractivity contribution in [3.05, 3.63) is 63.2 Å². The normalized spacial score (nSPS) is 10.3. The van der Waals surface area contributed by atoms with Gasteiger partial charge in [-0.25, -0.2) is 0 Å². The van der Waals surface area contributed by atoms with Crippen LogP contribution in [-0.4, -0.2) is 11.5 Å². The van der Waals surface area contributed by atoms with Gasteiger partial charge < -0.3 is 10.5 Å². The van der Waals surface area contributed by atoms with Crippen LogP contribution >= 0.6 is 11.6 Å². The van der Waals surface area contributed by atoms with Gasteiger partial charge in [-0.1, -0.05) is 23.7 Å². The lowest BCUT2D eigenvalue weighted by Gasteiger charge is -2.07. The highest BCUT2D eigenvalue weighted by Gasteiger charge is 2.16. The molecule has 0 amide bonds. The molecule has 0 spiro atoms. The van der Waals surface area contributed by atoms with Crippen LogP contribution in [-0.2, 0) is 6.42 Å². The Balaban J connectivity index is 2.25. The number of ether oxygens (including phenoxy) is 1. The smallest absolute Gasteiger partial charge is 0.311 e. The minimum Gasteiger partial charge on any atom is -0.450 e. The van der Waals surface area contributed by atoms with Crippen LogP contribution in [0.4, 0.5) is 5.69 Å². The van der Waals surface area contributed by atoms with Crippen LogP contribution in [0, 0.1) is 10.1 Å². The third kappa shape index (κ3) is 3.46. The van der Waals surface area contributed by atoms with Gasteiger partial charge in [0, 0.05) is 17.2 Å². The highest BCUT2D eigenvalue weighted by molar-refractivity contribution is 6.30. The molecule has 0 bridgehead atoms. The molecule has 2 aromatic carbocycles. The van der Waals surface area contributed by atoms with E-state index in [1.165, 1.54) is 18.2 Å². The number of benzene rings is 2. The first kappa shape index (κ1) is 14.3. The van der Waals surface area contributed by atoms with Crippen molar-refractivity contribution < 1.29 is 9.66 Å². The summed E-state index contributed by atoms with van der Waals surface area (Å²) in [5, 5.41) is 11.3. The van der Waals surface area contributed by atoms with E-state index in [1.807, 2.05) is 12.1 Å². The number of nitro groups is 1. The summed E-state index contributed by atoms with van der Waals surface area (Å²) in [5.41, 5.74) is 6.43. The number of halogens is 1. The largest absolute Gasteiger partial charge is 0.450 e. The molecule has 2 rings (SSSR count). The predicted molar refractivity (Wildman–Crippen MR) is 77.4 cm³/mol. The Bertz CT molecular complexity index is 614. The van der Waals surface area contributed by atoms with E-state index in [0.717, 1.165) is 12.0 Å². The van der Waals surface area contributed by atoms with Crippen LogP contribution in [0.1, 0.15) is 5.56 Å². The van der Waals surface area contributed by atoms with E-state index < -0.39 is 4.92 Å². The molecular weight excluding hydrogens is 280 g/mol. The van der Waals surface area contributed by atoms with Gasteiger partial charge in [0.2, 0.25) is 5.75 Å². The van der Waals surface area contributed by atoms with Crippen molar-refractivity contribution in [2.24, 2.45) is 5.73 Å². The minimum absolute atomic E-state index is 0.120. The Morgan fingerprint density at radius 2 is 1.90 bits per heavy atom. The average Bonchev–Trinajstić information content (AvgIpc) is 2.41. The van der Waals surface area contributed by atoms with E-state index >= 15 is 0 Å². The average molecular weight is 293 g/mol. The number of nitro benzene ring substituents is 1. The standard InChI is InChI=1S/C14H13ClN2O3/c15-11-3-6-13(17(18)19)14(9-11)20-12-4-1-10(2-5-12)7-8-16/h1-6,9H,7-8,16H2. The summed E-state index contributed by atoms with van der Waals surface area (Å²) >= 11 is 5.84. The van der Waals surface area contributed by atoms with Crippen LogP contribution in [0.2, 0.25) is 5.02 Å². The molecule has 2 aromatic rings. The molecule has 2 N–H and O–H groups in total.